The van der Waals surface area contributed by atoms with E-state index in [0.717, 1.165) is 29.9 Å². The maximum absolute atomic E-state index is 5.64. The van der Waals surface area contributed by atoms with Crippen molar-refractivity contribution in [2.45, 2.75) is 45.7 Å². The van der Waals surface area contributed by atoms with Gasteiger partial charge in [-0.15, -0.1) is 0 Å². The maximum atomic E-state index is 5.64. The fourth-order valence-corrected chi connectivity index (χ4v) is 3.32. The van der Waals surface area contributed by atoms with Crippen LogP contribution >= 0.6 is 0 Å². The van der Waals surface area contributed by atoms with Gasteiger partial charge in [-0.05, 0) is 36.0 Å². The van der Waals surface area contributed by atoms with Crippen molar-refractivity contribution in [2.24, 2.45) is 11.8 Å². The highest BCUT2D eigenvalue weighted by Crippen LogP contribution is 2.32. The minimum atomic E-state index is 0.645. The molecule has 0 saturated heterocycles. The monoisotopic (exact) mass is 275 g/mol. The van der Waals surface area contributed by atoms with Crippen LogP contribution in [0.5, 0.6) is 11.5 Å². The van der Waals surface area contributed by atoms with Crippen molar-refractivity contribution in [1.29, 1.82) is 0 Å². The first-order valence-corrected chi connectivity index (χ1v) is 7.86. The Kier molecular flexibility index (Phi) is 4.16. The number of fused-ring (bicyclic) bond motifs is 1. The van der Waals surface area contributed by atoms with Gasteiger partial charge in [-0.1, -0.05) is 32.8 Å². The fourth-order valence-electron chi connectivity index (χ4n) is 3.32. The van der Waals surface area contributed by atoms with Crippen molar-refractivity contribution in [3.05, 3.63) is 23.8 Å². The molecule has 20 heavy (non-hydrogen) atoms. The average molecular weight is 275 g/mol. The summed E-state index contributed by atoms with van der Waals surface area (Å²) in [7, 11) is 0. The lowest BCUT2D eigenvalue weighted by Crippen LogP contribution is -2.40. The van der Waals surface area contributed by atoms with Crippen molar-refractivity contribution >= 4 is 0 Å². The number of ether oxygens (including phenoxy) is 2. The van der Waals surface area contributed by atoms with Crippen LogP contribution in [0.25, 0.3) is 0 Å². The van der Waals surface area contributed by atoms with E-state index in [1.54, 1.807) is 0 Å². The predicted octanol–water partition coefficient (Wildman–Crippen LogP) is 3.37. The minimum Gasteiger partial charge on any atom is -0.486 e. The molecule has 3 nitrogen and oxygen atoms in total. The van der Waals surface area contributed by atoms with Gasteiger partial charge in [0.2, 0.25) is 0 Å². The molecule has 1 fully saturated rings. The van der Waals surface area contributed by atoms with Gasteiger partial charge >= 0.3 is 0 Å². The summed E-state index contributed by atoms with van der Waals surface area (Å²) < 4.78 is 11.2. The Labute approximate surface area is 121 Å². The van der Waals surface area contributed by atoms with Gasteiger partial charge in [-0.3, -0.25) is 0 Å². The van der Waals surface area contributed by atoms with E-state index in [9.17, 15) is 0 Å². The molecule has 0 radical (unpaired) electrons. The third-order valence-corrected chi connectivity index (χ3v) is 4.88. The molecule has 1 heterocycles. The van der Waals surface area contributed by atoms with Crippen molar-refractivity contribution < 1.29 is 9.47 Å². The van der Waals surface area contributed by atoms with E-state index < -0.39 is 0 Å². The van der Waals surface area contributed by atoms with Crippen molar-refractivity contribution in [3.63, 3.8) is 0 Å². The molecular weight excluding hydrogens is 250 g/mol. The first kappa shape index (κ1) is 13.7. The maximum Gasteiger partial charge on any atom is 0.161 e. The van der Waals surface area contributed by atoms with Gasteiger partial charge in [0.05, 0.1) is 0 Å². The minimum absolute atomic E-state index is 0.645. The molecule has 2 aliphatic rings. The van der Waals surface area contributed by atoms with Gasteiger partial charge in [0.25, 0.3) is 0 Å². The molecule has 1 aliphatic heterocycles. The average Bonchev–Trinajstić information content (AvgIpc) is 2.48. The third-order valence-electron chi connectivity index (χ3n) is 4.88. The zero-order valence-corrected chi connectivity index (χ0v) is 12.5. The Hall–Kier alpha value is -1.22. The molecule has 110 valence electrons. The van der Waals surface area contributed by atoms with Crippen LogP contribution in [0.1, 0.15) is 38.7 Å². The largest absolute Gasteiger partial charge is 0.486 e. The van der Waals surface area contributed by atoms with E-state index in [4.69, 9.17) is 9.47 Å². The number of benzene rings is 1. The molecule has 0 bridgehead atoms. The van der Waals surface area contributed by atoms with E-state index in [1.807, 2.05) is 6.07 Å². The molecule has 1 aromatic carbocycles. The van der Waals surface area contributed by atoms with Crippen molar-refractivity contribution in [2.75, 3.05) is 13.2 Å². The van der Waals surface area contributed by atoms with Crippen molar-refractivity contribution in [3.8, 4) is 11.5 Å². The Morgan fingerprint density at radius 1 is 1.10 bits per heavy atom. The summed E-state index contributed by atoms with van der Waals surface area (Å²) in [4.78, 5) is 0. The van der Waals surface area contributed by atoms with Crippen LogP contribution in [0.3, 0.4) is 0 Å². The van der Waals surface area contributed by atoms with Gasteiger partial charge in [0, 0.05) is 12.6 Å². The number of nitrogens with one attached hydrogen (secondary N) is 1. The number of hydrogen-bond acceptors (Lipinski definition) is 3. The first-order chi connectivity index (χ1) is 9.74. The Morgan fingerprint density at radius 3 is 2.75 bits per heavy atom. The molecule has 3 unspecified atom stereocenters. The molecule has 0 spiro atoms. The molecule has 0 amide bonds. The lowest BCUT2D eigenvalue weighted by atomic mass is 9.78. The first-order valence-electron chi connectivity index (χ1n) is 7.86. The van der Waals surface area contributed by atoms with E-state index in [0.29, 0.717) is 19.3 Å². The molecular formula is C17H25NO2. The molecule has 3 atom stereocenters. The molecule has 1 aromatic rings. The van der Waals surface area contributed by atoms with E-state index in [-0.39, 0.29) is 0 Å². The van der Waals surface area contributed by atoms with Crippen LogP contribution in [0.2, 0.25) is 0 Å². The van der Waals surface area contributed by atoms with Crippen LogP contribution in [0.4, 0.5) is 0 Å². The summed E-state index contributed by atoms with van der Waals surface area (Å²) in [5.74, 6) is 3.36. The standard InChI is InChI=1S/C17H25NO2/c1-12-4-3-5-15(13(12)2)18-11-14-6-7-16-17(10-14)20-9-8-19-16/h6-7,10,12-13,15,18H,3-5,8-9,11H2,1-2H3. The summed E-state index contributed by atoms with van der Waals surface area (Å²) in [6.07, 6.45) is 4.03. The quantitative estimate of drug-likeness (QED) is 0.917. The van der Waals surface area contributed by atoms with Crippen LogP contribution in [0.15, 0.2) is 18.2 Å². The smallest absolute Gasteiger partial charge is 0.161 e. The lowest BCUT2D eigenvalue weighted by molar-refractivity contribution is 0.171. The topological polar surface area (TPSA) is 30.5 Å². The number of hydrogen-bond donors (Lipinski definition) is 1. The van der Waals surface area contributed by atoms with Crippen molar-refractivity contribution in [1.82, 2.24) is 5.32 Å². The number of rotatable bonds is 3. The van der Waals surface area contributed by atoms with Gasteiger partial charge in [0.1, 0.15) is 13.2 Å². The van der Waals surface area contributed by atoms with E-state index >= 15 is 0 Å². The summed E-state index contributed by atoms with van der Waals surface area (Å²) in [5.41, 5.74) is 1.28. The molecule has 1 saturated carbocycles. The predicted molar refractivity (Wildman–Crippen MR) is 80.2 cm³/mol. The highest BCUT2D eigenvalue weighted by Gasteiger charge is 2.26. The summed E-state index contributed by atoms with van der Waals surface area (Å²) in [6, 6.07) is 6.92. The van der Waals surface area contributed by atoms with Crippen LogP contribution in [-0.4, -0.2) is 19.3 Å². The second-order valence-corrected chi connectivity index (χ2v) is 6.23. The van der Waals surface area contributed by atoms with Crippen LogP contribution in [0, 0.1) is 11.8 Å². The van der Waals surface area contributed by atoms with Gasteiger partial charge in [0.15, 0.2) is 11.5 Å². The molecule has 3 rings (SSSR count). The van der Waals surface area contributed by atoms with Gasteiger partial charge in [-0.25, -0.2) is 0 Å². The Balaban J connectivity index is 1.60. The highest BCUT2D eigenvalue weighted by atomic mass is 16.6. The van der Waals surface area contributed by atoms with E-state index in [1.165, 1.54) is 24.8 Å². The summed E-state index contributed by atoms with van der Waals surface area (Å²) in [6.45, 7) is 6.98. The van der Waals surface area contributed by atoms with Gasteiger partial charge < -0.3 is 14.8 Å². The molecule has 1 N–H and O–H groups in total. The third kappa shape index (κ3) is 2.93. The van der Waals surface area contributed by atoms with Crippen LogP contribution in [-0.2, 0) is 6.54 Å². The Bertz CT molecular complexity index is 460. The normalized spacial score (nSPS) is 29.2. The Morgan fingerprint density at radius 2 is 1.90 bits per heavy atom. The summed E-state index contributed by atoms with van der Waals surface area (Å²) >= 11 is 0. The second kappa shape index (κ2) is 6.04. The van der Waals surface area contributed by atoms with Crippen LogP contribution < -0.4 is 14.8 Å². The molecule has 3 heteroatoms. The zero-order chi connectivity index (χ0) is 13.9. The fraction of sp³-hybridized carbons (Fsp3) is 0.647. The van der Waals surface area contributed by atoms with Gasteiger partial charge in [-0.2, -0.15) is 0 Å². The van der Waals surface area contributed by atoms with E-state index in [2.05, 4.69) is 31.3 Å². The zero-order valence-electron chi connectivity index (χ0n) is 12.5. The molecule has 1 aliphatic carbocycles. The highest BCUT2D eigenvalue weighted by molar-refractivity contribution is 5.43. The summed E-state index contributed by atoms with van der Waals surface area (Å²) in [5, 5.41) is 3.73. The second-order valence-electron chi connectivity index (χ2n) is 6.23. The SMILES string of the molecule is CC1CCCC(NCc2ccc3c(c2)OCCO3)C1C. The molecule has 0 aromatic heterocycles. The lowest BCUT2D eigenvalue weighted by Gasteiger charge is -2.34.